The number of hydrogen-bond donors (Lipinski definition) is 4. The second-order valence-electron chi connectivity index (χ2n) is 6.77. The molecule has 120 valence electrons. The van der Waals surface area contributed by atoms with Gasteiger partial charge in [-0.2, -0.15) is 0 Å². The van der Waals surface area contributed by atoms with Gasteiger partial charge >= 0.3 is 0 Å². The minimum atomic E-state index is -1.12. The Morgan fingerprint density at radius 1 is 1.27 bits per heavy atom. The van der Waals surface area contributed by atoms with E-state index in [9.17, 15) is 20.1 Å². The van der Waals surface area contributed by atoms with E-state index >= 15 is 0 Å². The molecule has 1 aromatic rings. The Kier molecular flexibility index (Phi) is 3.45. The summed E-state index contributed by atoms with van der Waals surface area (Å²) in [7, 11) is 0. The van der Waals surface area contributed by atoms with Crippen LogP contribution in [-0.4, -0.2) is 39.3 Å². The van der Waals surface area contributed by atoms with Crippen molar-refractivity contribution >= 4 is 5.78 Å². The molecule has 5 nitrogen and oxygen atoms in total. The minimum Gasteiger partial charge on any atom is -0.504 e. The predicted octanol–water partition coefficient (Wildman–Crippen LogP) is 1.51. The Bertz CT molecular complexity index is 629. The summed E-state index contributed by atoms with van der Waals surface area (Å²) >= 11 is 0. The Balaban J connectivity index is 2.27. The van der Waals surface area contributed by atoms with Crippen LogP contribution in [0, 0.1) is 6.92 Å². The zero-order valence-corrected chi connectivity index (χ0v) is 13.0. The third kappa shape index (κ3) is 1.88. The van der Waals surface area contributed by atoms with E-state index in [1.54, 1.807) is 6.07 Å². The summed E-state index contributed by atoms with van der Waals surface area (Å²) in [5.41, 5.74) is -0.649. The van der Waals surface area contributed by atoms with Crippen molar-refractivity contribution in [1.29, 1.82) is 0 Å². The summed E-state index contributed by atoms with van der Waals surface area (Å²) in [4.78, 5) is 12.2. The number of aryl methyl sites for hydroxylation is 1. The highest BCUT2D eigenvalue weighted by Gasteiger charge is 2.60. The zero-order valence-electron chi connectivity index (χ0n) is 13.0. The van der Waals surface area contributed by atoms with Crippen LogP contribution in [0.5, 0.6) is 11.5 Å². The molecular weight excluding hydrogens is 282 g/mol. The summed E-state index contributed by atoms with van der Waals surface area (Å²) in [5.74, 6) is -0.315. The number of ketones is 1. The molecule has 0 aromatic heterocycles. The van der Waals surface area contributed by atoms with Crippen LogP contribution < -0.4 is 5.32 Å². The molecular formula is C17H23NO4. The normalized spacial score (nSPS) is 35.2. The predicted molar refractivity (Wildman–Crippen MR) is 82.1 cm³/mol. The molecule has 3 atom stereocenters. The number of benzene rings is 1. The first kappa shape index (κ1) is 15.3. The topological polar surface area (TPSA) is 89.8 Å². The Labute approximate surface area is 130 Å². The highest BCUT2D eigenvalue weighted by molar-refractivity contribution is 5.82. The molecule has 1 aliphatic carbocycles. The Morgan fingerprint density at radius 2 is 2.00 bits per heavy atom. The standard InChI is InChI=1S/C17H23NO4/c1-10-3-4-13(20)15(21)14(10)16-7-8-18-11(2)17(16,22)6-5-12(19)9-16/h3-4,11,18,20-22H,5-9H2,1-2H3. The van der Waals surface area contributed by atoms with Gasteiger partial charge in [0.2, 0.25) is 0 Å². The maximum absolute atomic E-state index is 12.2. The van der Waals surface area contributed by atoms with Crippen LogP contribution >= 0.6 is 0 Å². The third-order valence-corrected chi connectivity index (χ3v) is 5.67. The molecule has 3 unspecified atom stereocenters. The van der Waals surface area contributed by atoms with Gasteiger partial charge in [0, 0.05) is 29.9 Å². The van der Waals surface area contributed by atoms with Crippen LogP contribution in [0.3, 0.4) is 0 Å². The van der Waals surface area contributed by atoms with Gasteiger partial charge in [0.25, 0.3) is 0 Å². The van der Waals surface area contributed by atoms with Crippen molar-refractivity contribution in [2.75, 3.05) is 6.54 Å². The molecule has 0 radical (unpaired) electrons. The maximum Gasteiger partial charge on any atom is 0.161 e. The third-order valence-electron chi connectivity index (χ3n) is 5.67. The number of rotatable bonds is 1. The van der Waals surface area contributed by atoms with Crippen molar-refractivity contribution in [3.05, 3.63) is 23.3 Å². The highest BCUT2D eigenvalue weighted by Crippen LogP contribution is 2.55. The molecule has 4 N–H and O–H groups in total. The van der Waals surface area contributed by atoms with Crippen LogP contribution in [-0.2, 0) is 10.2 Å². The number of piperidine rings is 1. The fourth-order valence-electron chi connectivity index (χ4n) is 4.47. The summed E-state index contributed by atoms with van der Waals surface area (Å²) in [6, 6.07) is 2.99. The van der Waals surface area contributed by atoms with Crippen LogP contribution in [0.1, 0.15) is 43.7 Å². The second-order valence-corrected chi connectivity index (χ2v) is 6.77. The fraction of sp³-hybridized carbons (Fsp3) is 0.588. The van der Waals surface area contributed by atoms with E-state index in [0.717, 1.165) is 5.56 Å². The molecule has 22 heavy (non-hydrogen) atoms. The number of aliphatic hydroxyl groups is 1. The van der Waals surface area contributed by atoms with E-state index < -0.39 is 11.0 Å². The lowest BCUT2D eigenvalue weighted by Crippen LogP contribution is -2.69. The van der Waals surface area contributed by atoms with Crippen molar-refractivity contribution in [2.45, 2.75) is 56.6 Å². The summed E-state index contributed by atoms with van der Waals surface area (Å²) in [5, 5.41) is 35.1. The Hall–Kier alpha value is -1.59. The molecule has 1 saturated heterocycles. The molecule has 1 saturated carbocycles. The number of nitrogens with one attached hydrogen (secondary N) is 1. The first-order chi connectivity index (χ1) is 10.3. The lowest BCUT2D eigenvalue weighted by Gasteiger charge is -2.57. The molecule has 0 bridgehead atoms. The van der Waals surface area contributed by atoms with Gasteiger partial charge in [-0.3, -0.25) is 4.79 Å². The monoisotopic (exact) mass is 305 g/mol. The van der Waals surface area contributed by atoms with E-state index in [1.165, 1.54) is 6.07 Å². The molecule has 5 heteroatoms. The van der Waals surface area contributed by atoms with Crippen molar-refractivity contribution in [3.63, 3.8) is 0 Å². The summed E-state index contributed by atoms with van der Waals surface area (Å²) < 4.78 is 0. The first-order valence-electron chi connectivity index (χ1n) is 7.81. The number of Topliss-reactive ketones (excluding diaryl/α,β-unsaturated/α-hetero) is 1. The number of fused-ring (bicyclic) bond motifs is 1. The SMILES string of the molecule is Cc1ccc(O)c(O)c1C12CCNC(C)C1(O)CCC(=O)C2. The lowest BCUT2D eigenvalue weighted by atomic mass is 9.53. The van der Waals surface area contributed by atoms with Crippen molar-refractivity contribution < 1.29 is 20.1 Å². The molecule has 1 aromatic carbocycles. The minimum absolute atomic E-state index is 0.0981. The van der Waals surface area contributed by atoms with Crippen molar-refractivity contribution in [1.82, 2.24) is 5.32 Å². The van der Waals surface area contributed by atoms with Gasteiger partial charge in [0.15, 0.2) is 11.5 Å². The van der Waals surface area contributed by atoms with Gasteiger partial charge in [-0.1, -0.05) is 6.07 Å². The highest BCUT2D eigenvalue weighted by atomic mass is 16.3. The fourth-order valence-corrected chi connectivity index (χ4v) is 4.47. The molecule has 0 amide bonds. The molecule has 2 aliphatic rings. The van der Waals surface area contributed by atoms with E-state index in [1.807, 2.05) is 13.8 Å². The number of aromatic hydroxyl groups is 2. The largest absolute Gasteiger partial charge is 0.504 e. The molecule has 2 fully saturated rings. The average Bonchev–Trinajstić information content (AvgIpc) is 2.46. The second kappa shape index (κ2) is 4.96. The number of carbonyl (C=O) groups excluding carboxylic acids is 1. The van der Waals surface area contributed by atoms with Gasteiger partial charge in [-0.25, -0.2) is 0 Å². The quantitative estimate of drug-likeness (QED) is 0.591. The van der Waals surface area contributed by atoms with Crippen LogP contribution in [0.25, 0.3) is 0 Å². The van der Waals surface area contributed by atoms with Crippen LogP contribution in [0.2, 0.25) is 0 Å². The Morgan fingerprint density at radius 3 is 2.73 bits per heavy atom. The molecule has 3 rings (SSSR count). The zero-order chi connectivity index (χ0) is 16.1. The molecule has 0 spiro atoms. The van der Waals surface area contributed by atoms with Crippen LogP contribution in [0.15, 0.2) is 12.1 Å². The van der Waals surface area contributed by atoms with Gasteiger partial charge in [-0.15, -0.1) is 0 Å². The van der Waals surface area contributed by atoms with E-state index in [2.05, 4.69) is 5.32 Å². The smallest absolute Gasteiger partial charge is 0.161 e. The molecule has 1 heterocycles. The number of phenols is 2. The number of hydrogen-bond acceptors (Lipinski definition) is 5. The number of carbonyl (C=O) groups is 1. The van der Waals surface area contributed by atoms with Gasteiger partial charge in [0.1, 0.15) is 5.78 Å². The average molecular weight is 305 g/mol. The number of phenolic OH excluding ortho intramolecular Hbond substituents is 2. The van der Waals surface area contributed by atoms with Gasteiger partial charge in [0.05, 0.1) is 5.60 Å². The van der Waals surface area contributed by atoms with E-state index in [-0.39, 0.29) is 29.7 Å². The van der Waals surface area contributed by atoms with Crippen molar-refractivity contribution in [2.24, 2.45) is 0 Å². The molecule has 1 aliphatic heterocycles. The van der Waals surface area contributed by atoms with E-state index in [0.29, 0.717) is 31.4 Å². The van der Waals surface area contributed by atoms with Crippen LogP contribution in [0.4, 0.5) is 0 Å². The lowest BCUT2D eigenvalue weighted by molar-refractivity contribution is -0.145. The summed E-state index contributed by atoms with van der Waals surface area (Å²) in [6.07, 6.45) is 1.47. The van der Waals surface area contributed by atoms with E-state index in [4.69, 9.17) is 0 Å². The first-order valence-corrected chi connectivity index (χ1v) is 7.81. The summed E-state index contributed by atoms with van der Waals surface area (Å²) in [6.45, 7) is 4.42. The van der Waals surface area contributed by atoms with Gasteiger partial charge < -0.3 is 20.6 Å². The maximum atomic E-state index is 12.2. The van der Waals surface area contributed by atoms with Gasteiger partial charge in [-0.05, 0) is 44.9 Å². The van der Waals surface area contributed by atoms with Crippen molar-refractivity contribution in [3.8, 4) is 11.5 Å².